The number of aliphatic hydroxyl groups is 1. The minimum Gasteiger partial charge on any atom is -0.410 e. The first-order chi connectivity index (χ1) is 13.7. The molecule has 28 heavy (non-hydrogen) atoms. The first-order valence-corrected chi connectivity index (χ1v) is 9.40. The molecule has 1 atom stereocenters. The van der Waals surface area contributed by atoms with Crippen LogP contribution in [0.5, 0.6) is 0 Å². The van der Waals surface area contributed by atoms with E-state index in [-0.39, 0.29) is 17.3 Å². The Labute approximate surface area is 164 Å². The van der Waals surface area contributed by atoms with Crippen LogP contribution in [0.15, 0.2) is 64.9 Å². The number of hydrogen-bond acceptors (Lipinski definition) is 7. The van der Waals surface area contributed by atoms with Gasteiger partial charge in [0.2, 0.25) is 0 Å². The fraction of sp³-hybridized carbons (Fsp3) is 0.333. The zero-order valence-electron chi connectivity index (χ0n) is 15.6. The second-order valence-electron chi connectivity index (χ2n) is 6.90. The number of nitrogens with two attached hydrogens (primary N) is 1. The molecule has 148 valence electrons. The zero-order chi connectivity index (χ0) is 19.9. The third-order valence-corrected chi connectivity index (χ3v) is 5.32. The van der Waals surface area contributed by atoms with Crippen LogP contribution in [0.4, 0.5) is 5.69 Å². The van der Waals surface area contributed by atoms with Crippen LogP contribution in [-0.4, -0.2) is 46.1 Å². The van der Waals surface area contributed by atoms with E-state index in [0.29, 0.717) is 24.9 Å². The van der Waals surface area contributed by atoms with Crippen LogP contribution in [0.3, 0.4) is 0 Å². The summed E-state index contributed by atoms with van der Waals surface area (Å²) >= 11 is 0. The second-order valence-corrected chi connectivity index (χ2v) is 6.90. The third kappa shape index (κ3) is 4.16. The maximum Gasteiger partial charge on any atom is 0.138 e. The van der Waals surface area contributed by atoms with Crippen molar-refractivity contribution in [3.05, 3.63) is 65.7 Å². The Hall–Kier alpha value is -2.90. The molecule has 0 aliphatic carbocycles. The van der Waals surface area contributed by atoms with Crippen LogP contribution < -0.4 is 10.6 Å². The molecule has 2 aromatic rings. The van der Waals surface area contributed by atoms with E-state index in [1.54, 1.807) is 24.3 Å². The summed E-state index contributed by atoms with van der Waals surface area (Å²) < 4.78 is 0. The van der Waals surface area contributed by atoms with Gasteiger partial charge in [0, 0.05) is 30.9 Å². The lowest BCUT2D eigenvalue weighted by atomic mass is 9.86. The van der Waals surface area contributed by atoms with Gasteiger partial charge in [-0.2, -0.15) is 0 Å². The molecule has 2 aromatic carbocycles. The predicted molar refractivity (Wildman–Crippen MR) is 109 cm³/mol. The third-order valence-electron chi connectivity index (χ3n) is 5.32. The predicted octanol–water partition coefficient (Wildman–Crippen LogP) is 2.43. The molecule has 0 spiro atoms. The molecule has 0 radical (unpaired) electrons. The first-order valence-electron chi connectivity index (χ1n) is 9.40. The number of rotatable bonds is 6. The zero-order valence-corrected chi connectivity index (χ0v) is 15.6. The number of hydrogen-bond donors (Lipinski definition) is 4. The minimum absolute atomic E-state index is 0.0190. The highest BCUT2D eigenvalue weighted by Gasteiger charge is 2.32. The number of para-hydroxylation sites is 1. The largest absolute Gasteiger partial charge is 0.410 e. The van der Waals surface area contributed by atoms with E-state index in [9.17, 15) is 15.5 Å². The van der Waals surface area contributed by atoms with E-state index in [0.717, 1.165) is 24.3 Å². The van der Waals surface area contributed by atoms with E-state index >= 15 is 0 Å². The van der Waals surface area contributed by atoms with Gasteiger partial charge in [-0.25, -0.2) is 0 Å². The lowest BCUT2D eigenvalue weighted by Crippen LogP contribution is -2.43. The van der Waals surface area contributed by atoms with Crippen molar-refractivity contribution >= 4 is 17.1 Å². The van der Waals surface area contributed by atoms with Crippen molar-refractivity contribution in [2.75, 3.05) is 18.0 Å². The molecular formula is C21H26N4O3. The van der Waals surface area contributed by atoms with Gasteiger partial charge < -0.3 is 26.2 Å². The fourth-order valence-electron chi connectivity index (χ4n) is 3.77. The highest BCUT2D eigenvalue weighted by molar-refractivity contribution is 6.49. The summed E-state index contributed by atoms with van der Waals surface area (Å²) in [7, 11) is 0. The molecule has 1 fully saturated rings. The Morgan fingerprint density at radius 1 is 1.00 bits per heavy atom. The van der Waals surface area contributed by atoms with E-state index in [4.69, 9.17) is 5.73 Å². The van der Waals surface area contributed by atoms with E-state index in [2.05, 4.69) is 21.3 Å². The van der Waals surface area contributed by atoms with Crippen LogP contribution in [0, 0.1) is 5.92 Å². The molecule has 1 aliphatic heterocycles. The van der Waals surface area contributed by atoms with Gasteiger partial charge in [0.05, 0.1) is 0 Å². The molecule has 0 saturated carbocycles. The van der Waals surface area contributed by atoms with Gasteiger partial charge in [0.15, 0.2) is 0 Å². The Balaban J connectivity index is 1.71. The summed E-state index contributed by atoms with van der Waals surface area (Å²) in [5.41, 5.74) is 8.70. The van der Waals surface area contributed by atoms with Gasteiger partial charge in [-0.3, -0.25) is 0 Å². The molecule has 0 aromatic heterocycles. The highest BCUT2D eigenvalue weighted by atomic mass is 16.4. The summed E-state index contributed by atoms with van der Waals surface area (Å²) in [6.07, 6.45) is 0.405. The first kappa shape index (κ1) is 19.9. The Kier molecular flexibility index (Phi) is 6.62. The van der Waals surface area contributed by atoms with Crippen molar-refractivity contribution in [3.63, 3.8) is 0 Å². The molecule has 7 nitrogen and oxygen atoms in total. The number of piperidine rings is 1. The Morgan fingerprint density at radius 3 is 2.25 bits per heavy atom. The van der Waals surface area contributed by atoms with Crippen LogP contribution in [0.2, 0.25) is 0 Å². The lowest BCUT2D eigenvalue weighted by molar-refractivity contribution is 0.148. The molecule has 0 amide bonds. The average Bonchev–Trinajstić information content (AvgIpc) is 2.77. The number of aliphatic hydroxyl groups excluding tert-OH is 1. The molecule has 1 aliphatic rings. The molecule has 3 rings (SSSR count). The topological polar surface area (TPSA) is 115 Å². The van der Waals surface area contributed by atoms with Gasteiger partial charge in [0.1, 0.15) is 17.5 Å². The summed E-state index contributed by atoms with van der Waals surface area (Å²) in [6, 6.07) is 16.9. The van der Waals surface area contributed by atoms with Gasteiger partial charge >= 0.3 is 0 Å². The Bertz CT molecular complexity index is 831. The standard InChI is InChI=1S/C21H26N4O3/c22-14-17-8-4-5-9-18(17)25-12-10-16(11-13-25)21(26)20(24-28)19(23-27)15-6-2-1-3-7-15/h1-9,16,21,26-28H,10-14,22H2. The molecule has 7 heteroatoms. The number of anilines is 1. The van der Waals surface area contributed by atoms with Crippen LogP contribution >= 0.6 is 0 Å². The molecule has 5 N–H and O–H groups in total. The monoisotopic (exact) mass is 382 g/mol. The van der Waals surface area contributed by atoms with Crippen molar-refractivity contribution in [1.29, 1.82) is 0 Å². The summed E-state index contributed by atoms with van der Waals surface area (Å²) in [4.78, 5) is 2.26. The number of benzene rings is 2. The number of oxime groups is 2. The van der Waals surface area contributed by atoms with Crippen molar-refractivity contribution in [2.45, 2.75) is 25.5 Å². The average molecular weight is 382 g/mol. The van der Waals surface area contributed by atoms with Gasteiger partial charge in [-0.1, -0.05) is 58.8 Å². The molecule has 1 heterocycles. The SMILES string of the molecule is NCc1ccccc1N1CCC(C(O)C(=NO)C(=NO)c2ccccc2)CC1. The van der Waals surface area contributed by atoms with Gasteiger partial charge in [0.25, 0.3) is 0 Å². The van der Waals surface area contributed by atoms with Crippen molar-refractivity contribution in [2.24, 2.45) is 22.0 Å². The van der Waals surface area contributed by atoms with Crippen LogP contribution in [-0.2, 0) is 6.54 Å². The van der Waals surface area contributed by atoms with Gasteiger partial charge in [-0.05, 0) is 30.4 Å². The smallest absolute Gasteiger partial charge is 0.138 e. The van der Waals surface area contributed by atoms with Crippen LogP contribution in [0.25, 0.3) is 0 Å². The maximum atomic E-state index is 10.8. The summed E-state index contributed by atoms with van der Waals surface area (Å²) in [6.45, 7) is 2.00. The van der Waals surface area contributed by atoms with Gasteiger partial charge in [-0.15, -0.1) is 0 Å². The van der Waals surface area contributed by atoms with Crippen molar-refractivity contribution < 1.29 is 15.5 Å². The quantitative estimate of drug-likeness (QED) is 0.348. The maximum absolute atomic E-state index is 10.8. The molecular weight excluding hydrogens is 356 g/mol. The summed E-state index contributed by atoms with van der Waals surface area (Å²) in [5, 5.41) is 36.3. The van der Waals surface area contributed by atoms with Crippen molar-refractivity contribution in [3.8, 4) is 0 Å². The highest BCUT2D eigenvalue weighted by Crippen LogP contribution is 2.28. The number of nitrogens with zero attached hydrogens (tertiary/aromatic N) is 3. The molecule has 1 saturated heterocycles. The lowest BCUT2D eigenvalue weighted by Gasteiger charge is -2.36. The summed E-state index contributed by atoms with van der Waals surface area (Å²) in [5.74, 6) is -0.104. The Morgan fingerprint density at radius 2 is 1.64 bits per heavy atom. The van der Waals surface area contributed by atoms with E-state index in [1.165, 1.54) is 0 Å². The molecule has 0 bridgehead atoms. The fourth-order valence-corrected chi connectivity index (χ4v) is 3.77. The van der Waals surface area contributed by atoms with E-state index in [1.807, 2.05) is 24.3 Å². The van der Waals surface area contributed by atoms with Crippen LogP contribution in [0.1, 0.15) is 24.0 Å². The normalized spacial score (nSPS) is 17.6. The van der Waals surface area contributed by atoms with Crippen molar-refractivity contribution in [1.82, 2.24) is 0 Å². The van der Waals surface area contributed by atoms with E-state index < -0.39 is 6.10 Å². The molecule has 1 unspecified atom stereocenters. The second kappa shape index (κ2) is 9.34. The minimum atomic E-state index is -1.02.